The van der Waals surface area contributed by atoms with Crippen LogP contribution in [0.25, 0.3) is 0 Å². The maximum Gasteiger partial charge on any atom is 0.161 e. The van der Waals surface area contributed by atoms with Crippen LogP contribution in [0.1, 0.15) is 13.8 Å². The minimum absolute atomic E-state index is 0.0277. The molecule has 0 aliphatic heterocycles. The van der Waals surface area contributed by atoms with Gasteiger partial charge < -0.3 is 19.5 Å². The summed E-state index contributed by atoms with van der Waals surface area (Å²) in [5.41, 5.74) is 0. The number of benzene rings is 1. The van der Waals surface area contributed by atoms with Crippen molar-refractivity contribution in [3.8, 4) is 11.5 Å². The van der Waals surface area contributed by atoms with Gasteiger partial charge in [-0.05, 0) is 24.6 Å². The molecule has 1 aromatic carbocycles. The molecule has 1 atom stereocenters. The van der Waals surface area contributed by atoms with Crippen LogP contribution in [-0.2, 0) is 4.74 Å². The van der Waals surface area contributed by atoms with Crippen molar-refractivity contribution in [2.45, 2.75) is 20.0 Å². The molecule has 0 aliphatic rings. The quantitative estimate of drug-likeness (QED) is 0.745. The summed E-state index contributed by atoms with van der Waals surface area (Å²) in [6.07, 6.45) is -0.0277. The summed E-state index contributed by atoms with van der Waals surface area (Å²) in [7, 11) is 3.32. The number of rotatable bonds is 9. The van der Waals surface area contributed by atoms with Crippen molar-refractivity contribution in [3.05, 3.63) is 24.3 Å². The lowest BCUT2D eigenvalue weighted by Gasteiger charge is -2.21. The number of hydrogen-bond donors (Lipinski definition) is 1. The van der Waals surface area contributed by atoms with Crippen LogP contribution >= 0.6 is 0 Å². The molecule has 0 amide bonds. The molecule has 1 N–H and O–H groups in total. The van der Waals surface area contributed by atoms with Crippen molar-refractivity contribution in [3.63, 3.8) is 0 Å². The summed E-state index contributed by atoms with van der Waals surface area (Å²) in [4.78, 5) is 0. The van der Waals surface area contributed by atoms with Gasteiger partial charge in [-0.1, -0.05) is 26.0 Å². The highest BCUT2D eigenvalue weighted by Gasteiger charge is 2.13. The van der Waals surface area contributed by atoms with Crippen LogP contribution in [0.15, 0.2) is 24.3 Å². The van der Waals surface area contributed by atoms with Crippen LogP contribution in [0.5, 0.6) is 11.5 Å². The Bertz CT molecular complexity index is 355. The van der Waals surface area contributed by atoms with Gasteiger partial charge in [-0.2, -0.15) is 0 Å². The van der Waals surface area contributed by atoms with Gasteiger partial charge in [0.05, 0.1) is 13.7 Å². The smallest absolute Gasteiger partial charge is 0.161 e. The van der Waals surface area contributed by atoms with E-state index in [1.807, 2.05) is 24.3 Å². The zero-order valence-electron chi connectivity index (χ0n) is 12.3. The van der Waals surface area contributed by atoms with E-state index in [4.69, 9.17) is 14.2 Å². The van der Waals surface area contributed by atoms with Gasteiger partial charge >= 0.3 is 0 Å². The highest BCUT2D eigenvalue weighted by atomic mass is 16.5. The van der Waals surface area contributed by atoms with Crippen molar-refractivity contribution < 1.29 is 14.2 Å². The second-order valence-corrected chi connectivity index (χ2v) is 4.90. The largest absolute Gasteiger partial charge is 0.493 e. The summed E-state index contributed by atoms with van der Waals surface area (Å²) in [6, 6.07) is 7.65. The van der Waals surface area contributed by atoms with Gasteiger partial charge in [-0.15, -0.1) is 0 Å². The van der Waals surface area contributed by atoms with Gasteiger partial charge in [0.25, 0.3) is 0 Å². The van der Waals surface area contributed by atoms with Crippen molar-refractivity contribution in [1.29, 1.82) is 0 Å². The van der Waals surface area contributed by atoms with Crippen LogP contribution in [0.3, 0.4) is 0 Å². The van der Waals surface area contributed by atoms with E-state index < -0.39 is 0 Å². The summed E-state index contributed by atoms with van der Waals surface area (Å²) in [5.74, 6) is 2.11. The predicted molar refractivity (Wildman–Crippen MR) is 77.0 cm³/mol. The number of ether oxygens (including phenoxy) is 3. The first kappa shape index (κ1) is 15.8. The van der Waals surface area contributed by atoms with E-state index in [1.54, 1.807) is 14.2 Å². The van der Waals surface area contributed by atoms with E-state index in [0.717, 1.165) is 24.6 Å². The van der Waals surface area contributed by atoms with Crippen LogP contribution in [0, 0.1) is 5.92 Å². The van der Waals surface area contributed by atoms with Crippen molar-refractivity contribution >= 4 is 0 Å². The van der Waals surface area contributed by atoms with Crippen LogP contribution in [0.2, 0.25) is 0 Å². The number of para-hydroxylation sites is 2. The van der Waals surface area contributed by atoms with E-state index in [9.17, 15) is 0 Å². The summed E-state index contributed by atoms with van der Waals surface area (Å²) >= 11 is 0. The molecule has 0 radical (unpaired) electrons. The van der Waals surface area contributed by atoms with Crippen LogP contribution < -0.4 is 14.8 Å². The van der Waals surface area contributed by atoms with E-state index in [-0.39, 0.29) is 6.10 Å². The Morgan fingerprint density at radius 1 is 1.05 bits per heavy atom. The average molecular weight is 267 g/mol. The molecule has 0 bridgehead atoms. The number of hydrogen-bond acceptors (Lipinski definition) is 4. The van der Waals surface area contributed by atoms with Gasteiger partial charge in [0.15, 0.2) is 11.5 Å². The Morgan fingerprint density at radius 2 is 1.74 bits per heavy atom. The zero-order chi connectivity index (χ0) is 14.1. The first-order valence-electron chi connectivity index (χ1n) is 6.66. The fourth-order valence-electron chi connectivity index (χ4n) is 1.75. The van der Waals surface area contributed by atoms with Gasteiger partial charge in [-0.3, -0.25) is 0 Å². The summed E-state index contributed by atoms with van der Waals surface area (Å²) in [6.45, 7) is 6.63. The maximum absolute atomic E-state index is 5.95. The second-order valence-electron chi connectivity index (χ2n) is 4.90. The predicted octanol–water partition coefficient (Wildman–Crippen LogP) is 2.33. The topological polar surface area (TPSA) is 39.7 Å². The lowest BCUT2D eigenvalue weighted by molar-refractivity contribution is 0.0782. The lowest BCUT2D eigenvalue weighted by atomic mass is 10.2. The van der Waals surface area contributed by atoms with Gasteiger partial charge in [0, 0.05) is 13.7 Å². The van der Waals surface area contributed by atoms with Crippen molar-refractivity contribution in [1.82, 2.24) is 5.32 Å². The monoisotopic (exact) mass is 267 g/mol. The minimum atomic E-state index is -0.0277. The lowest BCUT2D eigenvalue weighted by Crippen LogP contribution is -2.36. The van der Waals surface area contributed by atoms with E-state index in [1.165, 1.54) is 0 Å². The van der Waals surface area contributed by atoms with E-state index in [0.29, 0.717) is 12.5 Å². The van der Waals surface area contributed by atoms with Crippen molar-refractivity contribution in [2.75, 3.05) is 33.9 Å². The maximum atomic E-state index is 5.95. The van der Waals surface area contributed by atoms with Gasteiger partial charge in [0.1, 0.15) is 6.10 Å². The zero-order valence-corrected chi connectivity index (χ0v) is 12.3. The minimum Gasteiger partial charge on any atom is -0.493 e. The molecule has 0 fully saturated rings. The van der Waals surface area contributed by atoms with Crippen LogP contribution in [0.4, 0.5) is 0 Å². The van der Waals surface area contributed by atoms with Crippen molar-refractivity contribution in [2.24, 2.45) is 5.92 Å². The number of nitrogens with one attached hydrogen (secondary N) is 1. The Labute approximate surface area is 116 Å². The molecule has 4 nitrogen and oxygen atoms in total. The third kappa shape index (κ3) is 5.94. The fraction of sp³-hybridized carbons (Fsp3) is 0.600. The molecule has 0 aromatic heterocycles. The number of methoxy groups -OCH3 is 2. The van der Waals surface area contributed by atoms with E-state index >= 15 is 0 Å². The molecule has 4 heteroatoms. The molecular formula is C15H25NO3. The average Bonchev–Trinajstić information content (AvgIpc) is 2.39. The molecule has 1 rings (SSSR count). The summed E-state index contributed by atoms with van der Waals surface area (Å²) < 4.78 is 16.4. The highest BCUT2D eigenvalue weighted by molar-refractivity contribution is 5.39. The molecule has 0 saturated carbocycles. The third-order valence-electron chi connectivity index (χ3n) is 2.64. The molecule has 19 heavy (non-hydrogen) atoms. The Kier molecular flexibility index (Phi) is 7.30. The molecule has 1 aromatic rings. The molecule has 0 saturated heterocycles. The molecule has 0 heterocycles. The Hall–Kier alpha value is -1.26. The van der Waals surface area contributed by atoms with Gasteiger partial charge in [-0.25, -0.2) is 0 Å². The first-order chi connectivity index (χ1) is 9.17. The molecule has 0 aliphatic carbocycles. The molecule has 108 valence electrons. The second kappa shape index (κ2) is 8.77. The fourth-order valence-corrected chi connectivity index (χ4v) is 1.75. The standard InChI is InChI=1S/C15H25NO3/c1-12(2)9-16-10-13(11-17-3)19-15-8-6-5-7-14(15)18-4/h5-8,12-13,16H,9-11H2,1-4H3. The molecular weight excluding hydrogens is 242 g/mol. The molecule has 1 unspecified atom stereocenters. The summed E-state index contributed by atoms with van der Waals surface area (Å²) in [5, 5.41) is 3.38. The van der Waals surface area contributed by atoms with Crippen LogP contribution in [-0.4, -0.2) is 40.0 Å². The third-order valence-corrected chi connectivity index (χ3v) is 2.64. The Balaban J connectivity index is 2.56. The normalized spacial score (nSPS) is 12.5. The Morgan fingerprint density at radius 3 is 2.32 bits per heavy atom. The van der Waals surface area contributed by atoms with E-state index in [2.05, 4.69) is 19.2 Å². The molecule has 0 spiro atoms. The van der Waals surface area contributed by atoms with Gasteiger partial charge in [0.2, 0.25) is 0 Å². The SMILES string of the molecule is COCC(CNCC(C)C)Oc1ccccc1OC. The first-order valence-corrected chi connectivity index (χ1v) is 6.66. The highest BCUT2D eigenvalue weighted by Crippen LogP contribution is 2.26.